The summed E-state index contributed by atoms with van der Waals surface area (Å²) in [4.78, 5) is 0. The summed E-state index contributed by atoms with van der Waals surface area (Å²) in [6.07, 6.45) is 0. The average molecular weight is 165 g/mol. The van der Waals surface area contributed by atoms with Crippen molar-refractivity contribution in [1.82, 2.24) is 0 Å². The number of rotatable bonds is 4. The molecule has 0 unspecified atom stereocenters. The van der Waals surface area contributed by atoms with Crippen LogP contribution in [-0.4, -0.2) is 20.3 Å². The summed E-state index contributed by atoms with van der Waals surface area (Å²) in [7, 11) is 1.66. The lowest BCUT2D eigenvalue weighted by atomic mass is 10.2. The summed E-state index contributed by atoms with van der Waals surface area (Å²) in [5, 5.41) is 0. The molecule has 0 heterocycles. The molecule has 0 aliphatic carbocycles. The van der Waals surface area contributed by atoms with Crippen LogP contribution in [0.25, 0.3) is 0 Å². The second kappa shape index (κ2) is 4.78. The lowest BCUT2D eigenvalue weighted by Gasteiger charge is -2.04. The molecule has 0 N–H and O–H groups in total. The van der Waals surface area contributed by atoms with Crippen molar-refractivity contribution >= 4 is 0 Å². The topological polar surface area (TPSA) is 18.5 Å². The highest BCUT2D eigenvalue weighted by Gasteiger charge is 1.91. The van der Waals surface area contributed by atoms with Crippen molar-refractivity contribution in [3.8, 4) is 5.75 Å². The van der Waals surface area contributed by atoms with Gasteiger partial charge in [0.25, 0.3) is 0 Å². The number of hydrogen-bond acceptors (Lipinski definition) is 2. The highest BCUT2D eigenvalue weighted by Crippen LogP contribution is 2.10. The summed E-state index contributed by atoms with van der Waals surface area (Å²) >= 11 is 0. The van der Waals surface area contributed by atoms with Crippen LogP contribution in [0, 0.1) is 6.92 Å². The van der Waals surface area contributed by atoms with Gasteiger partial charge in [-0.25, -0.2) is 0 Å². The van der Waals surface area contributed by atoms with Gasteiger partial charge < -0.3 is 9.47 Å². The van der Waals surface area contributed by atoms with E-state index in [-0.39, 0.29) is 0 Å². The lowest BCUT2D eigenvalue weighted by Crippen LogP contribution is -2.03. The minimum Gasteiger partial charge on any atom is -0.491 e. The quantitative estimate of drug-likeness (QED) is 0.634. The van der Waals surface area contributed by atoms with E-state index in [9.17, 15) is 0 Å². The average Bonchev–Trinajstić information content (AvgIpc) is 2.09. The highest BCUT2D eigenvalue weighted by atomic mass is 16.5. The fourth-order valence-electron chi connectivity index (χ4n) is 0.829. The van der Waals surface area contributed by atoms with Gasteiger partial charge >= 0.3 is 0 Å². The van der Waals surface area contributed by atoms with Gasteiger partial charge in [-0.05, 0) is 24.6 Å². The molecule has 0 fully saturated rings. The summed E-state index contributed by atoms with van der Waals surface area (Å²) < 4.78 is 10.2. The van der Waals surface area contributed by atoms with Gasteiger partial charge in [0.05, 0.1) is 6.61 Å². The van der Waals surface area contributed by atoms with E-state index >= 15 is 0 Å². The van der Waals surface area contributed by atoms with Crippen molar-refractivity contribution in [2.75, 3.05) is 20.3 Å². The molecular weight excluding hydrogens is 152 g/mol. The second-order valence-corrected chi connectivity index (χ2v) is 2.49. The molecule has 2 nitrogen and oxygen atoms in total. The molecule has 0 spiro atoms. The van der Waals surface area contributed by atoms with Crippen molar-refractivity contribution in [2.45, 2.75) is 0 Å². The van der Waals surface area contributed by atoms with Crippen molar-refractivity contribution in [3.63, 3.8) is 0 Å². The molecule has 65 valence electrons. The van der Waals surface area contributed by atoms with Crippen LogP contribution < -0.4 is 4.74 Å². The SMILES string of the molecule is [CH2]c1ccc(OCCOC)cc1. The smallest absolute Gasteiger partial charge is 0.119 e. The van der Waals surface area contributed by atoms with Crippen LogP contribution >= 0.6 is 0 Å². The Morgan fingerprint density at radius 3 is 2.42 bits per heavy atom. The Balaban J connectivity index is 2.37. The monoisotopic (exact) mass is 165 g/mol. The van der Waals surface area contributed by atoms with Gasteiger partial charge in [0, 0.05) is 7.11 Å². The van der Waals surface area contributed by atoms with Crippen LogP contribution in [0.1, 0.15) is 5.56 Å². The summed E-state index contributed by atoms with van der Waals surface area (Å²) in [5.74, 6) is 0.861. The number of methoxy groups -OCH3 is 1. The molecule has 1 rings (SSSR count). The molecule has 0 amide bonds. The molecule has 1 radical (unpaired) electrons. The lowest BCUT2D eigenvalue weighted by molar-refractivity contribution is 0.146. The number of ether oxygens (including phenoxy) is 2. The molecule has 1 aromatic rings. The molecule has 0 aliphatic rings. The standard InChI is InChI=1S/C10H13O2/c1-9-3-5-10(6-4-9)12-8-7-11-2/h3-6H,1,7-8H2,2H3. The largest absolute Gasteiger partial charge is 0.491 e. The van der Waals surface area contributed by atoms with E-state index < -0.39 is 0 Å². The Hall–Kier alpha value is -1.02. The molecule has 0 aliphatic heterocycles. The Bertz CT molecular complexity index is 216. The van der Waals surface area contributed by atoms with E-state index in [0.29, 0.717) is 13.2 Å². The fraction of sp³-hybridized carbons (Fsp3) is 0.300. The first-order chi connectivity index (χ1) is 5.83. The van der Waals surface area contributed by atoms with Crippen LogP contribution in [0.3, 0.4) is 0 Å². The van der Waals surface area contributed by atoms with E-state index in [4.69, 9.17) is 9.47 Å². The maximum atomic E-state index is 5.35. The molecule has 0 aromatic heterocycles. The first-order valence-electron chi connectivity index (χ1n) is 3.86. The minimum atomic E-state index is 0.590. The molecule has 2 heteroatoms. The van der Waals surface area contributed by atoms with Gasteiger partial charge in [-0.3, -0.25) is 0 Å². The van der Waals surface area contributed by atoms with Crippen LogP contribution in [-0.2, 0) is 4.74 Å². The molecular formula is C10H13O2. The summed E-state index contributed by atoms with van der Waals surface area (Å²) in [6, 6.07) is 7.64. The van der Waals surface area contributed by atoms with Crippen LogP contribution in [0.2, 0.25) is 0 Å². The van der Waals surface area contributed by atoms with Crippen LogP contribution in [0.15, 0.2) is 24.3 Å². The third-order valence-electron chi connectivity index (χ3n) is 1.48. The van der Waals surface area contributed by atoms with E-state index in [2.05, 4.69) is 6.92 Å². The third kappa shape index (κ3) is 2.93. The van der Waals surface area contributed by atoms with Gasteiger partial charge in [-0.15, -0.1) is 0 Å². The predicted molar refractivity (Wildman–Crippen MR) is 48.3 cm³/mol. The molecule has 0 saturated carbocycles. The van der Waals surface area contributed by atoms with Crippen molar-refractivity contribution in [1.29, 1.82) is 0 Å². The Labute approximate surface area is 73.1 Å². The van der Waals surface area contributed by atoms with Crippen molar-refractivity contribution in [3.05, 3.63) is 36.8 Å². The van der Waals surface area contributed by atoms with E-state index in [0.717, 1.165) is 11.3 Å². The van der Waals surface area contributed by atoms with Gasteiger partial charge in [0.15, 0.2) is 0 Å². The highest BCUT2D eigenvalue weighted by molar-refractivity contribution is 5.28. The number of benzene rings is 1. The molecule has 0 atom stereocenters. The number of hydrogen-bond donors (Lipinski definition) is 0. The van der Waals surface area contributed by atoms with Gasteiger partial charge in [0.1, 0.15) is 12.4 Å². The zero-order valence-electron chi connectivity index (χ0n) is 7.25. The van der Waals surface area contributed by atoms with Gasteiger partial charge in [-0.2, -0.15) is 0 Å². The summed E-state index contributed by atoms with van der Waals surface area (Å²) in [5.41, 5.74) is 0.995. The zero-order chi connectivity index (χ0) is 8.81. The van der Waals surface area contributed by atoms with Crippen molar-refractivity contribution < 1.29 is 9.47 Å². The maximum Gasteiger partial charge on any atom is 0.119 e. The van der Waals surface area contributed by atoms with E-state index in [1.54, 1.807) is 7.11 Å². The van der Waals surface area contributed by atoms with Crippen LogP contribution in [0.5, 0.6) is 5.75 Å². The predicted octanol–water partition coefficient (Wildman–Crippen LogP) is 1.89. The zero-order valence-corrected chi connectivity index (χ0v) is 7.25. The van der Waals surface area contributed by atoms with Gasteiger partial charge in [-0.1, -0.05) is 12.1 Å². The molecule has 1 aromatic carbocycles. The van der Waals surface area contributed by atoms with Crippen molar-refractivity contribution in [2.24, 2.45) is 0 Å². The first-order valence-corrected chi connectivity index (χ1v) is 3.86. The minimum absolute atomic E-state index is 0.590. The molecule has 0 saturated heterocycles. The van der Waals surface area contributed by atoms with Gasteiger partial charge in [0.2, 0.25) is 0 Å². The third-order valence-corrected chi connectivity index (χ3v) is 1.48. The Kier molecular flexibility index (Phi) is 3.61. The normalized spacial score (nSPS) is 9.83. The molecule has 0 bridgehead atoms. The molecule has 12 heavy (non-hydrogen) atoms. The summed E-state index contributed by atoms with van der Waals surface area (Å²) in [6.45, 7) is 4.99. The Morgan fingerprint density at radius 2 is 1.83 bits per heavy atom. The van der Waals surface area contributed by atoms with E-state index in [1.165, 1.54) is 0 Å². The van der Waals surface area contributed by atoms with E-state index in [1.807, 2.05) is 24.3 Å². The fourth-order valence-corrected chi connectivity index (χ4v) is 0.829. The Morgan fingerprint density at radius 1 is 1.17 bits per heavy atom. The van der Waals surface area contributed by atoms with Crippen LogP contribution in [0.4, 0.5) is 0 Å². The maximum absolute atomic E-state index is 5.35. The second-order valence-electron chi connectivity index (χ2n) is 2.49. The first kappa shape index (κ1) is 9.07.